The number of rotatable bonds is 6. The number of hydrogen-bond donors (Lipinski definition) is 1. The van der Waals surface area contributed by atoms with Gasteiger partial charge >= 0.3 is 0 Å². The van der Waals surface area contributed by atoms with Crippen molar-refractivity contribution >= 4 is 32.9 Å². The summed E-state index contributed by atoms with van der Waals surface area (Å²) in [5.41, 5.74) is 3.79. The van der Waals surface area contributed by atoms with E-state index in [1.165, 1.54) is 0 Å². The molecule has 25 heavy (non-hydrogen) atoms. The van der Waals surface area contributed by atoms with E-state index in [-0.39, 0.29) is 5.91 Å². The summed E-state index contributed by atoms with van der Waals surface area (Å²) in [6.45, 7) is 7.29. The van der Waals surface area contributed by atoms with Gasteiger partial charge in [0.2, 0.25) is 0 Å². The molecule has 0 spiro atoms. The molecule has 0 bridgehead atoms. The van der Waals surface area contributed by atoms with E-state index in [1.54, 1.807) is 12.1 Å². The van der Waals surface area contributed by atoms with Crippen molar-refractivity contribution < 1.29 is 4.79 Å². The molecule has 3 aromatic rings. The maximum absolute atomic E-state index is 12.2. The number of nitrogens with zero attached hydrogens (tertiary/aromatic N) is 2. The summed E-state index contributed by atoms with van der Waals surface area (Å²) in [6.07, 6.45) is 0.671. The Labute approximate surface area is 155 Å². The number of benzene rings is 2. The van der Waals surface area contributed by atoms with E-state index in [0.29, 0.717) is 18.5 Å². The molecule has 0 saturated carbocycles. The largest absolute Gasteiger partial charge is 0.352 e. The van der Waals surface area contributed by atoms with E-state index >= 15 is 0 Å². The van der Waals surface area contributed by atoms with Crippen LogP contribution < -0.4 is 5.32 Å². The number of hydrogen-bond acceptors (Lipinski definition) is 2. The van der Waals surface area contributed by atoms with Crippen molar-refractivity contribution in [3.8, 4) is 0 Å². The molecular weight excluding hydrogens is 378 g/mol. The molecule has 2 aromatic carbocycles. The van der Waals surface area contributed by atoms with Crippen LogP contribution in [0.4, 0.5) is 0 Å². The van der Waals surface area contributed by atoms with Crippen LogP contribution in [-0.2, 0) is 13.0 Å². The number of imidazole rings is 1. The smallest absolute Gasteiger partial charge is 0.251 e. The normalized spacial score (nSPS) is 10.8. The third-order valence-electron chi connectivity index (χ3n) is 3.90. The SMILES string of the molecule is C=C(C)Cn1c(CCNC(=O)c2ccc(Br)cc2)nc2ccccc21. The fraction of sp³-hybridized carbons (Fsp3) is 0.200. The van der Waals surface area contributed by atoms with Gasteiger partial charge in [-0.1, -0.05) is 40.2 Å². The first kappa shape index (κ1) is 17.4. The van der Waals surface area contributed by atoms with Crippen LogP contribution in [0.2, 0.25) is 0 Å². The lowest BCUT2D eigenvalue weighted by Crippen LogP contribution is -2.26. The Morgan fingerprint density at radius 3 is 2.64 bits per heavy atom. The van der Waals surface area contributed by atoms with Crippen molar-refractivity contribution in [2.45, 2.75) is 19.9 Å². The monoisotopic (exact) mass is 397 g/mol. The average molecular weight is 398 g/mol. The molecule has 1 N–H and O–H groups in total. The van der Waals surface area contributed by atoms with Crippen molar-refractivity contribution in [2.24, 2.45) is 0 Å². The van der Waals surface area contributed by atoms with E-state index in [0.717, 1.165) is 33.4 Å². The van der Waals surface area contributed by atoms with Gasteiger partial charge in [-0.3, -0.25) is 4.79 Å². The van der Waals surface area contributed by atoms with Gasteiger partial charge in [0.25, 0.3) is 5.91 Å². The zero-order chi connectivity index (χ0) is 17.8. The number of nitrogens with one attached hydrogen (secondary N) is 1. The van der Waals surface area contributed by atoms with Crippen LogP contribution >= 0.6 is 15.9 Å². The molecule has 0 unspecified atom stereocenters. The fourth-order valence-corrected chi connectivity index (χ4v) is 3.02. The first-order valence-corrected chi connectivity index (χ1v) is 8.96. The quantitative estimate of drug-likeness (QED) is 0.628. The molecule has 1 amide bonds. The molecule has 0 aliphatic carbocycles. The number of halogens is 1. The Kier molecular flexibility index (Phi) is 5.34. The van der Waals surface area contributed by atoms with Gasteiger partial charge in [0.15, 0.2) is 0 Å². The number of para-hydroxylation sites is 2. The second kappa shape index (κ2) is 7.66. The summed E-state index contributed by atoms with van der Waals surface area (Å²) in [7, 11) is 0. The molecule has 128 valence electrons. The summed E-state index contributed by atoms with van der Waals surface area (Å²) < 4.78 is 3.13. The van der Waals surface area contributed by atoms with Gasteiger partial charge in [-0.25, -0.2) is 4.98 Å². The minimum atomic E-state index is -0.0740. The highest BCUT2D eigenvalue weighted by molar-refractivity contribution is 9.10. The molecule has 5 heteroatoms. The van der Waals surface area contributed by atoms with E-state index < -0.39 is 0 Å². The Bertz CT molecular complexity index is 912. The molecular formula is C20H20BrN3O. The van der Waals surface area contributed by atoms with Crippen LogP contribution in [0.5, 0.6) is 0 Å². The lowest BCUT2D eigenvalue weighted by Gasteiger charge is -2.10. The third-order valence-corrected chi connectivity index (χ3v) is 4.43. The minimum Gasteiger partial charge on any atom is -0.352 e. The standard InChI is InChI=1S/C20H20BrN3O/c1-14(2)13-24-18-6-4-3-5-17(18)23-19(24)11-12-22-20(25)15-7-9-16(21)10-8-15/h3-10H,1,11-13H2,2H3,(H,22,25). The summed E-state index contributed by atoms with van der Waals surface area (Å²) in [6, 6.07) is 15.4. The highest BCUT2D eigenvalue weighted by Crippen LogP contribution is 2.17. The maximum atomic E-state index is 12.2. The topological polar surface area (TPSA) is 46.9 Å². The summed E-state index contributed by atoms with van der Waals surface area (Å²) in [5, 5.41) is 2.96. The molecule has 0 radical (unpaired) electrons. The summed E-state index contributed by atoms with van der Waals surface area (Å²) in [4.78, 5) is 16.9. The minimum absolute atomic E-state index is 0.0740. The molecule has 1 aromatic heterocycles. The second-order valence-corrected chi connectivity index (χ2v) is 6.99. The van der Waals surface area contributed by atoms with Crippen molar-refractivity contribution in [3.63, 3.8) is 0 Å². The molecule has 0 saturated heterocycles. The number of carbonyl (C=O) groups excluding carboxylic acids is 1. The van der Waals surface area contributed by atoms with Crippen LogP contribution in [0.1, 0.15) is 23.1 Å². The van der Waals surface area contributed by atoms with Gasteiger partial charge in [-0.15, -0.1) is 0 Å². The third kappa shape index (κ3) is 4.17. The van der Waals surface area contributed by atoms with Gasteiger partial charge in [0.05, 0.1) is 11.0 Å². The molecule has 0 fully saturated rings. The molecule has 1 heterocycles. The van der Waals surface area contributed by atoms with Gasteiger partial charge in [0, 0.05) is 29.5 Å². The van der Waals surface area contributed by atoms with Crippen LogP contribution in [0.25, 0.3) is 11.0 Å². The van der Waals surface area contributed by atoms with Crippen LogP contribution in [0.3, 0.4) is 0 Å². The number of aromatic nitrogens is 2. The van der Waals surface area contributed by atoms with Crippen molar-refractivity contribution in [2.75, 3.05) is 6.54 Å². The average Bonchev–Trinajstić information content (AvgIpc) is 2.93. The summed E-state index contributed by atoms with van der Waals surface area (Å²) in [5.74, 6) is 0.885. The predicted molar refractivity (Wildman–Crippen MR) is 105 cm³/mol. The zero-order valence-corrected chi connectivity index (χ0v) is 15.7. The molecule has 0 aliphatic rings. The molecule has 0 aliphatic heterocycles. The van der Waals surface area contributed by atoms with E-state index in [2.05, 4.69) is 38.5 Å². The Balaban J connectivity index is 1.71. The summed E-state index contributed by atoms with van der Waals surface area (Å²) >= 11 is 3.37. The molecule has 3 rings (SSSR count). The Hall–Kier alpha value is -2.40. The van der Waals surface area contributed by atoms with Crippen LogP contribution in [0, 0.1) is 0 Å². The Morgan fingerprint density at radius 2 is 1.92 bits per heavy atom. The van der Waals surface area contributed by atoms with Crippen molar-refractivity contribution in [1.82, 2.24) is 14.9 Å². The zero-order valence-electron chi connectivity index (χ0n) is 14.1. The van der Waals surface area contributed by atoms with Crippen molar-refractivity contribution in [3.05, 3.63) is 76.5 Å². The van der Waals surface area contributed by atoms with Crippen LogP contribution in [0.15, 0.2) is 65.2 Å². The number of amides is 1. The van der Waals surface area contributed by atoms with Crippen LogP contribution in [-0.4, -0.2) is 22.0 Å². The van der Waals surface area contributed by atoms with Gasteiger partial charge < -0.3 is 9.88 Å². The lowest BCUT2D eigenvalue weighted by molar-refractivity contribution is 0.0954. The highest BCUT2D eigenvalue weighted by atomic mass is 79.9. The van der Waals surface area contributed by atoms with Gasteiger partial charge in [-0.05, 0) is 43.3 Å². The predicted octanol–water partition coefficient (Wildman–Crippen LogP) is 4.35. The van der Waals surface area contributed by atoms with Gasteiger partial charge in [0.1, 0.15) is 5.82 Å². The first-order chi connectivity index (χ1) is 12.0. The number of carbonyl (C=O) groups is 1. The molecule has 4 nitrogen and oxygen atoms in total. The number of fused-ring (bicyclic) bond motifs is 1. The van der Waals surface area contributed by atoms with Crippen molar-refractivity contribution in [1.29, 1.82) is 0 Å². The maximum Gasteiger partial charge on any atom is 0.251 e. The molecule has 0 atom stereocenters. The van der Waals surface area contributed by atoms with E-state index in [1.807, 2.05) is 37.3 Å². The van der Waals surface area contributed by atoms with E-state index in [9.17, 15) is 4.79 Å². The second-order valence-electron chi connectivity index (χ2n) is 6.07. The fourth-order valence-electron chi connectivity index (χ4n) is 2.75. The Morgan fingerprint density at radius 1 is 1.20 bits per heavy atom. The highest BCUT2D eigenvalue weighted by Gasteiger charge is 2.11. The van der Waals surface area contributed by atoms with Gasteiger partial charge in [-0.2, -0.15) is 0 Å². The first-order valence-electron chi connectivity index (χ1n) is 8.17. The number of allylic oxidation sites excluding steroid dienone is 1. The van der Waals surface area contributed by atoms with E-state index in [4.69, 9.17) is 4.98 Å². The lowest BCUT2D eigenvalue weighted by atomic mass is 10.2.